The minimum Gasteiger partial charge on any atom is -0.396 e. The van der Waals surface area contributed by atoms with Gasteiger partial charge in [0, 0.05) is 18.5 Å². The van der Waals surface area contributed by atoms with Crippen molar-refractivity contribution in [2.75, 3.05) is 23.9 Å². The van der Waals surface area contributed by atoms with Crippen LogP contribution in [0.15, 0.2) is 24.3 Å². The molecule has 0 atom stereocenters. The van der Waals surface area contributed by atoms with Crippen molar-refractivity contribution in [1.82, 2.24) is 9.97 Å². The van der Waals surface area contributed by atoms with Gasteiger partial charge in [-0.3, -0.25) is 5.43 Å². The lowest BCUT2D eigenvalue weighted by Crippen LogP contribution is -2.25. The molecule has 0 saturated heterocycles. The summed E-state index contributed by atoms with van der Waals surface area (Å²) in [6.45, 7) is 5.08. The van der Waals surface area contributed by atoms with E-state index in [1.165, 1.54) is 0 Å². The molecule has 0 amide bonds. The summed E-state index contributed by atoms with van der Waals surface area (Å²) in [4.78, 5) is 8.67. The van der Waals surface area contributed by atoms with Gasteiger partial charge in [-0.05, 0) is 24.0 Å². The summed E-state index contributed by atoms with van der Waals surface area (Å²) in [6, 6.07) is 7.76. The molecule has 1 aromatic carbocycles. The van der Waals surface area contributed by atoms with Gasteiger partial charge in [-0.1, -0.05) is 26.0 Å². The molecule has 0 saturated carbocycles. The van der Waals surface area contributed by atoms with E-state index in [4.69, 9.17) is 10.9 Å². The molecule has 0 bridgehead atoms. The van der Waals surface area contributed by atoms with Crippen molar-refractivity contribution >= 4 is 22.7 Å². The van der Waals surface area contributed by atoms with Crippen molar-refractivity contribution in [2.24, 2.45) is 11.3 Å². The van der Waals surface area contributed by atoms with Crippen molar-refractivity contribution in [3.8, 4) is 0 Å². The van der Waals surface area contributed by atoms with Gasteiger partial charge in [0.25, 0.3) is 0 Å². The summed E-state index contributed by atoms with van der Waals surface area (Å²) in [5.74, 6) is 6.53. The van der Waals surface area contributed by atoms with Crippen molar-refractivity contribution < 1.29 is 5.11 Å². The van der Waals surface area contributed by atoms with E-state index < -0.39 is 0 Å². The minimum atomic E-state index is -0.0168. The number of aromatic nitrogens is 2. The molecule has 0 aliphatic rings. The van der Waals surface area contributed by atoms with Gasteiger partial charge in [0.1, 0.15) is 5.82 Å². The number of rotatable bonds is 6. The standard InChI is InChI=1S/C14H21N5O/c1-14(2,7-8-20)9-16-12-10-5-3-4-6-11(10)17-13(18-12)19-15/h3-6,20H,7-9,15H2,1-2H3,(H2,16,17,18,19). The van der Waals surface area contributed by atoms with Crippen LogP contribution in [0, 0.1) is 5.41 Å². The van der Waals surface area contributed by atoms with Crippen LogP contribution >= 0.6 is 0 Å². The topological polar surface area (TPSA) is 96.1 Å². The third kappa shape index (κ3) is 3.34. The molecule has 1 heterocycles. The van der Waals surface area contributed by atoms with Crippen molar-refractivity contribution in [3.05, 3.63) is 24.3 Å². The molecular formula is C14H21N5O. The highest BCUT2D eigenvalue weighted by Crippen LogP contribution is 2.25. The normalized spacial score (nSPS) is 11.6. The summed E-state index contributed by atoms with van der Waals surface area (Å²) in [6.07, 6.45) is 0.727. The molecule has 0 aliphatic carbocycles. The van der Waals surface area contributed by atoms with E-state index in [9.17, 15) is 0 Å². The van der Waals surface area contributed by atoms with Crippen LogP contribution in [0.5, 0.6) is 0 Å². The highest BCUT2D eigenvalue weighted by Gasteiger charge is 2.18. The molecule has 0 radical (unpaired) electrons. The van der Waals surface area contributed by atoms with E-state index in [1.54, 1.807) is 0 Å². The monoisotopic (exact) mass is 275 g/mol. The smallest absolute Gasteiger partial charge is 0.239 e. The lowest BCUT2D eigenvalue weighted by molar-refractivity contribution is 0.220. The minimum absolute atomic E-state index is 0.0168. The Morgan fingerprint density at radius 3 is 2.70 bits per heavy atom. The van der Waals surface area contributed by atoms with Gasteiger partial charge in [-0.2, -0.15) is 4.98 Å². The Morgan fingerprint density at radius 2 is 2.00 bits per heavy atom. The number of benzene rings is 1. The first kappa shape index (κ1) is 14.5. The van der Waals surface area contributed by atoms with Gasteiger partial charge < -0.3 is 10.4 Å². The first-order chi connectivity index (χ1) is 9.55. The Hall–Kier alpha value is -1.92. The number of fused-ring (bicyclic) bond motifs is 1. The quantitative estimate of drug-likeness (QED) is 0.474. The third-order valence-corrected chi connectivity index (χ3v) is 3.26. The number of nitrogens with two attached hydrogens (primary N) is 1. The predicted octanol–water partition coefficient (Wildman–Crippen LogP) is 1.74. The largest absolute Gasteiger partial charge is 0.396 e. The zero-order valence-electron chi connectivity index (χ0n) is 11.8. The first-order valence-corrected chi connectivity index (χ1v) is 6.64. The molecule has 0 spiro atoms. The summed E-state index contributed by atoms with van der Waals surface area (Å²) < 4.78 is 0. The van der Waals surface area contributed by atoms with Gasteiger partial charge in [-0.15, -0.1) is 0 Å². The van der Waals surface area contributed by atoms with E-state index >= 15 is 0 Å². The van der Waals surface area contributed by atoms with Crippen molar-refractivity contribution in [3.63, 3.8) is 0 Å². The van der Waals surface area contributed by atoms with Crippen molar-refractivity contribution in [1.29, 1.82) is 0 Å². The van der Waals surface area contributed by atoms with E-state index in [0.717, 1.165) is 23.1 Å². The van der Waals surface area contributed by atoms with E-state index in [1.807, 2.05) is 24.3 Å². The molecule has 6 heteroatoms. The average molecular weight is 275 g/mol. The fourth-order valence-corrected chi connectivity index (χ4v) is 1.99. The number of hydrogen-bond acceptors (Lipinski definition) is 6. The predicted molar refractivity (Wildman–Crippen MR) is 81.3 cm³/mol. The summed E-state index contributed by atoms with van der Waals surface area (Å²) >= 11 is 0. The van der Waals surface area contributed by atoms with Crippen LogP contribution in [0.3, 0.4) is 0 Å². The fourth-order valence-electron chi connectivity index (χ4n) is 1.99. The van der Waals surface area contributed by atoms with Gasteiger partial charge in [0.05, 0.1) is 5.52 Å². The number of para-hydroxylation sites is 1. The number of hydrogen-bond donors (Lipinski definition) is 4. The molecule has 0 fully saturated rings. The van der Waals surface area contributed by atoms with Crippen LogP contribution in [0.2, 0.25) is 0 Å². The Morgan fingerprint density at radius 1 is 1.25 bits per heavy atom. The van der Waals surface area contributed by atoms with Crippen LogP contribution in [0.1, 0.15) is 20.3 Å². The maximum Gasteiger partial charge on any atom is 0.239 e. The lowest BCUT2D eigenvalue weighted by Gasteiger charge is -2.24. The number of aliphatic hydroxyl groups is 1. The van der Waals surface area contributed by atoms with Crippen LogP contribution in [-0.4, -0.2) is 28.2 Å². The maximum absolute atomic E-state index is 9.07. The zero-order chi connectivity index (χ0) is 14.6. The molecule has 108 valence electrons. The summed E-state index contributed by atoms with van der Waals surface area (Å²) in [5, 5.41) is 13.4. The van der Waals surface area contributed by atoms with Crippen LogP contribution < -0.4 is 16.6 Å². The molecule has 0 unspecified atom stereocenters. The highest BCUT2D eigenvalue weighted by molar-refractivity contribution is 5.89. The second kappa shape index (κ2) is 6.02. The second-order valence-corrected chi connectivity index (χ2v) is 5.55. The SMILES string of the molecule is CC(C)(CCO)CNc1nc(NN)nc2ccccc12. The van der Waals surface area contributed by atoms with Gasteiger partial charge in [0.15, 0.2) is 0 Å². The average Bonchev–Trinajstić information content (AvgIpc) is 2.44. The number of nitrogen functional groups attached to an aromatic ring is 1. The Kier molecular flexibility index (Phi) is 4.36. The van der Waals surface area contributed by atoms with Gasteiger partial charge >= 0.3 is 0 Å². The zero-order valence-corrected chi connectivity index (χ0v) is 11.8. The molecule has 5 N–H and O–H groups in total. The van der Waals surface area contributed by atoms with E-state index in [-0.39, 0.29) is 12.0 Å². The Balaban J connectivity index is 2.28. The number of anilines is 2. The molecule has 1 aromatic heterocycles. The summed E-state index contributed by atoms with van der Waals surface area (Å²) in [7, 11) is 0. The number of hydrazine groups is 1. The van der Waals surface area contributed by atoms with Crippen LogP contribution in [0.4, 0.5) is 11.8 Å². The highest BCUT2D eigenvalue weighted by atomic mass is 16.3. The molecule has 20 heavy (non-hydrogen) atoms. The van der Waals surface area contributed by atoms with Crippen LogP contribution in [0.25, 0.3) is 10.9 Å². The summed E-state index contributed by atoms with van der Waals surface area (Å²) in [5.41, 5.74) is 3.29. The van der Waals surface area contributed by atoms with Gasteiger partial charge in [0.2, 0.25) is 5.95 Å². The number of nitrogens with zero attached hydrogens (tertiary/aromatic N) is 2. The fraction of sp³-hybridized carbons (Fsp3) is 0.429. The number of aliphatic hydroxyl groups excluding tert-OH is 1. The van der Waals surface area contributed by atoms with Gasteiger partial charge in [-0.25, -0.2) is 10.8 Å². The maximum atomic E-state index is 9.07. The van der Waals surface area contributed by atoms with E-state index in [0.29, 0.717) is 12.5 Å². The molecule has 2 rings (SSSR count). The second-order valence-electron chi connectivity index (χ2n) is 5.55. The van der Waals surface area contributed by atoms with Crippen LogP contribution in [-0.2, 0) is 0 Å². The molecular weight excluding hydrogens is 254 g/mol. The first-order valence-electron chi connectivity index (χ1n) is 6.64. The number of nitrogens with one attached hydrogen (secondary N) is 2. The molecule has 2 aromatic rings. The lowest BCUT2D eigenvalue weighted by atomic mass is 9.90. The molecule has 6 nitrogen and oxygen atoms in total. The van der Waals surface area contributed by atoms with E-state index in [2.05, 4.69) is 34.6 Å². The Bertz CT molecular complexity index is 585. The third-order valence-electron chi connectivity index (χ3n) is 3.26. The molecule has 0 aliphatic heterocycles. The Labute approximate surface area is 118 Å². The van der Waals surface area contributed by atoms with Crippen molar-refractivity contribution in [2.45, 2.75) is 20.3 Å².